The van der Waals surface area contributed by atoms with Gasteiger partial charge in [0.15, 0.2) is 11.6 Å². The number of fused-ring (bicyclic) bond motifs is 2. The van der Waals surface area contributed by atoms with Crippen LogP contribution < -0.4 is 21.7 Å². The van der Waals surface area contributed by atoms with Crippen LogP contribution in [0.4, 0.5) is 34.6 Å². The summed E-state index contributed by atoms with van der Waals surface area (Å²) >= 11 is 6.07. The summed E-state index contributed by atoms with van der Waals surface area (Å²) in [5, 5.41) is 8.16. The summed E-state index contributed by atoms with van der Waals surface area (Å²) < 4.78 is 69.5. The van der Waals surface area contributed by atoms with Crippen LogP contribution in [0.3, 0.4) is 0 Å². The second kappa shape index (κ2) is 12.3. The average molecular weight is 708 g/mol. The number of nitrogens with zero attached hydrogens (tertiary/aromatic N) is 3. The van der Waals surface area contributed by atoms with Gasteiger partial charge in [0, 0.05) is 23.4 Å². The lowest BCUT2D eigenvalue weighted by Gasteiger charge is -2.24. The van der Waals surface area contributed by atoms with E-state index in [0.717, 1.165) is 17.7 Å². The number of rotatable bonds is 9. The molecule has 4 aromatic carbocycles. The summed E-state index contributed by atoms with van der Waals surface area (Å²) in [7, 11) is -9.96. The number of aromatic nitrogens is 3. The van der Waals surface area contributed by atoms with Gasteiger partial charge in [0.05, 0.1) is 28.2 Å². The topological polar surface area (TPSA) is 244 Å². The fourth-order valence-corrected chi connectivity index (χ4v) is 6.54. The first-order valence-electron chi connectivity index (χ1n) is 13.7. The summed E-state index contributed by atoms with van der Waals surface area (Å²) in [6.07, 6.45) is 0. The monoisotopic (exact) mass is 707 g/mol. The number of halogens is 1. The van der Waals surface area contributed by atoms with Gasteiger partial charge in [-0.2, -0.15) is 31.8 Å². The Morgan fingerprint density at radius 2 is 1.29 bits per heavy atom. The molecular weight excluding hydrogens is 686 g/mol. The van der Waals surface area contributed by atoms with E-state index >= 15 is 0 Å². The number of carbonyl (C=O) groups excluding carboxylic acids is 2. The van der Waals surface area contributed by atoms with Crippen molar-refractivity contribution < 1.29 is 35.5 Å². The minimum atomic E-state index is -5.01. The van der Waals surface area contributed by atoms with E-state index in [2.05, 4.69) is 30.9 Å². The normalized spacial score (nSPS) is 12.6. The van der Waals surface area contributed by atoms with Gasteiger partial charge in [-0.1, -0.05) is 54.6 Å². The third-order valence-corrected chi connectivity index (χ3v) is 9.12. The Bertz CT molecular complexity index is 2380. The van der Waals surface area contributed by atoms with Gasteiger partial charge in [0.2, 0.25) is 17.2 Å². The molecule has 0 saturated carbocycles. The fourth-order valence-electron chi connectivity index (χ4n) is 5.06. The van der Waals surface area contributed by atoms with Crippen molar-refractivity contribution in [2.24, 2.45) is 0 Å². The maximum absolute atomic E-state index is 13.6. The van der Waals surface area contributed by atoms with Crippen LogP contribution in [0.5, 0.6) is 0 Å². The molecule has 0 aliphatic heterocycles. The largest absolute Gasteiger partial charge is 0.397 e. The van der Waals surface area contributed by atoms with Crippen LogP contribution in [0.2, 0.25) is 5.28 Å². The molecule has 0 atom stereocenters. The molecule has 0 amide bonds. The van der Waals surface area contributed by atoms with Gasteiger partial charge < -0.3 is 21.7 Å². The molecular formula is C30H22ClN7O8S2. The molecule has 7 N–H and O–H groups in total. The van der Waals surface area contributed by atoms with E-state index in [1.165, 1.54) is 36.4 Å². The quantitative estimate of drug-likeness (QED) is 0.0896. The van der Waals surface area contributed by atoms with Crippen LogP contribution in [0.1, 0.15) is 37.4 Å². The molecule has 0 unspecified atom stereocenters. The zero-order chi connectivity index (χ0) is 34.4. The van der Waals surface area contributed by atoms with Crippen molar-refractivity contribution in [2.75, 3.05) is 21.7 Å². The van der Waals surface area contributed by atoms with Crippen LogP contribution in [0.15, 0.2) is 88.7 Å². The van der Waals surface area contributed by atoms with Gasteiger partial charge in [-0.25, -0.2) is 0 Å². The van der Waals surface area contributed by atoms with Crippen LogP contribution in [0.25, 0.3) is 0 Å². The fraction of sp³-hybridized carbons (Fsp3) is 0.0333. The van der Waals surface area contributed by atoms with E-state index in [4.69, 9.17) is 17.3 Å². The van der Waals surface area contributed by atoms with Crippen LogP contribution in [-0.2, 0) is 26.8 Å². The first kappa shape index (κ1) is 32.5. The van der Waals surface area contributed by atoms with Crippen molar-refractivity contribution in [3.63, 3.8) is 0 Å². The molecule has 6 rings (SSSR count). The third kappa shape index (κ3) is 6.40. The number of hydrogen-bond donors (Lipinski definition) is 6. The number of hydrogen-bond acceptors (Lipinski definition) is 13. The Hall–Kier alpha value is -5.46. The highest BCUT2D eigenvalue weighted by Gasteiger charge is 2.36. The Labute approximate surface area is 277 Å². The van der Waals surface area contributed by atoms with Gasteiger partial charge in [0.25, 0.3) is 20.2 Å². The van der Waals surface area contributed by atoms with E-state index in [-0.39, 0.29) is 50.9 Å². The molecule has 18 heteroatoms. The standard InChI is InChI=1S/C30H22ClN7O8S2/c31-28-36-29(33-14-15-6-2-1-3-7-15)38-30(37-28)35-19-11-10-16(12-21(19)47(41,42)43)34-20-13-22(48(44,45)46)25(32)24-23(20)26(39)17-8-4-5-9-18(17)27(24)40/h1-13,34H,14,32H2,(H,41,42,43)(H,44,45,46)(H2,33,35,36,37,38). The highest BCUT2D eigenvalue weighted by molar-refractivity contribution is 7.86. The third-order valence-electron chi connectivity index (χ3n) is 7.16. The van der Waals surface area contributed by atoms with Crippen LogP contribution in [0, 0.1) is 0 Å². The molecule has 48 heavy (non-hydrogen) atoms. The SMILES string of the molecule is Nc1c(S(=O)(=O)O)cc(Nc2ccc(Nc3nc(Cl)nc(NCc4ccccc4)n3)c(S(=O)(=O)O)c2)c2c1C(=O)c1ccccc1C2=O. The molecule has 1 aromatic heterocycles. The molecule has 0 radical (unpaired) electrons. The summed E-state index contributed by atoms with van der Waals surface area (Å²) in [6, 6.07) is 19.5. The van der Waals surface area contributed by atoms with Gasteiger partial charge in [0.1, 0.15) is 9.79 Å². The van der Waals surface area contributed by atoms with Gasteiger partial charge >= 0.3 is 0 Å². The average Bonchev–Trinajstić information content (AvgIpc) is 3.03. The molecule has 1 aliphatic rings. The molecule has 0 fully saturated rings. The first-order valence-corrected chi connectivity index (χ1v) is 16.9. The number of nitrogen functional groups attached to an aromatic ring is 1. The van der Waals surface area contributed by atoms with Gasteiger partial charge in [-0.3, -0.25) is 18.7 Å². The van der Waals surface area contributed by atoms with Gasteiger partial charge in [-0.15, -0.1) is 0 Å². The minimum absolute atomic E-state index is 0.0175. The molecule has 1 heterocycles. The van der Waals surface area contributed by atoms with Crippen molar-refractivity contribution in [3.8, 4) is 0 Å². The van der Waals surface area contributed by atoms with E-state index in [1.807, 2.05) is 30.3 Å². The lowest BCUT2D eigenvalue weighted by atomic mass is 9.82. The Morgan fingerprint density at radius 1 is 0.688 bits per heavy atom. The second-order valence-electron chi connectivity index (χ2n) is 10.3. The summed E-state index contributed by atoms with van der Waals surface area (Å²) in [5.41, 5.74) is 4.94. The van der Waals surface area contributed by atoms with E-state index in [0.29, 0.717) is 6.54 Å². The Balaban J connectivity index is 1.38. The Morgan fingerprint density at radius 3 is 1.94 bits per heavy atom. The number of nitrogens with one attached hydrogen (secondary N) is 3. The molecule has 1 aliphatic carbocycles. The van der Waals surface area contributed by atoms with Crippen molar-refractivity contribution >= 4 is 78.0 Å². The summed E-state index contributed by atoms with van der Waals surface area (Å²) in [6.45, 7) is 0.338. The smallest absolute Gasteiger partial charge is 0.296 e. The van der Waals surface area contributed by atoms with Crippen molar-refractivity contribution in [1.82, 2.24) is 15.0 Å². The van der Waals surface area contributed by atoms with E-state index < -0.39 is 52.8 Å². The second-order valence-corrected chi connectivity index (χ2v) is 13.4. The predicted octanol–water partition coefficient (Wildman–Crippen LogP) is 4.48. The lowest BCUT2D eigenvalue weighted by Crippen LogP contribution is -2.25. The number of carbonyl (C=O) groups is 2. The maximum Gasteiger partial charge on any atom is 0.296 e. The van der Waals surface area contributed by atoms with Crippen LogP contribution in [-0.4, -0.2) is 52.5 Å². The first-order chi connectivity index (χ1) is 22.7. The predicted molar refractivity (Wildman–Crippen MR) is 175 cm³/mol. The highest BCUT2D eigenvalue weighted by Crippen LogP contribution is 2.40. The van der Waals surface area contributed by atoms with Crippen molar-refractivity contribution in [3.05, 3.63) is 112 Å². The zero-order valence-electron chi connectivity index (χ0n) is 24.2. The number of benzene rings is 4. The van der Waals surface area contributed by atoms with Crippen LogP contribution >= 0.6 is 11.6 Å². The lowest BCUT2D eigenvalue weighted by molar-refractivity contribution is 0.0980. The molecule has 0 saturated heterocycles. The minimum Gasteiger partial charge on any atom is -0.397 e. The van der Waals surface area contributed by atoms with E-state index in [1.54, 1.807) is 0 Å². The number of ketones is 2. The molecule has 5 aromatic rings. The van der Waals surface area contributed by atoms with Crippen molar-refractivity contribution in [2.45, 2.75) is 16.3 Å². The molecule has 0 bridgehead atoms. The van der Waals surface area contributed by atoms with Gasteiger partial charge in [-0.05, 0) is 41.4 Å². The molecule has 15 nitrogen and oxygen atoms in total. The molecule has 0 spiro atoms. The molecule has 244 valence electrons. The summed E-state index contributed by atoms with van der Waals surface area (Å²) in [5.74, 6) is -1.56. The number of nitrogens with two attached hydrogens (primary N) is 1. The zero-order valence-corrected chi connectivity index (χ0v) is 26.6. The Kier molecular flexibility index (Phi) is 8.31. The summed E-state index contributed by atoms with van der Waals surface area (Å²) in [4.78, 5) is 37.7. The number of anilines is 6. The van der Waals surface area contributed by atoms with E-state index in [9.17, 15) is 35.5 Å². The highest BCUT2D eigenvalue weighted by atomic mass is 35.5. The maximum atomic E-state index is 13.6. The van der Waals surface area contributed by atoms with Crippen molar-refractivity contribution in [1.29, 1.82) is 0 Å².